The van der Waals surface area contributed by atoms with E-state index in [4.69, 9.17) is 5.73 Å². The van der Waals surface area contributed by atoms with E-state index in [2.05, 4.69) is 19.2 Å². The van der Waals surface area contributed by atoms with E-state index in [9.17, 15) is 4.79 Å². The van der Waals surface area contributed by atoms with Crippen LogP contribution in [0.3, 0.4) is 0 Å². The lowest BCUT2D eigenvalue weighted by atomic mass is 9.79. The van der Waals surface area contributed by atoms with E-state index in [-0.39, 0.29) is 5.78 Å². The Bertz CT molecular complexity index is 470. The van der Waals surface area contributed by atoms with Crippen molar-refractivity contribution in [1.82, 2.24) is 0 Å². The van der Waals surface area contributed by atoms with Gasteiger partial charge >= 0.3 is 0 Å². The Hall–Kier alpha value is -1.51. The quantitative estimate of drug-likeness (QED) is 0.643. The fourth-order valence-corrected chi connectivity index (χ4v) is 2.87. The van der Waals surface area contributed by atoms with Gasteiger partial charge in [-0.05, 0) is 56.2 Å². The number of hydrogen-bond acceptors (Lipinski definition) is 3. The topological polar surface area (TPSA) is 55.1 Å². The van der Waals surface area contributed by atoms with Crippen molar-refractivity contribution >= 4 is 17.2 Å². The molecule has 0 heterocycles. The van der Waals surface area contributed by atoms with E-state index < -0.39 is 0 Å². The second-order valence-corrected chi connectivity index (χ2v) is 5.97. The van der Waals surface area contributed by atoms with Gasteiger partial charge in [-0.25, -0.2) is 0 Å². The Morgan fingerprint density at radius 2 is 2.00 bits per heavy atom. The molecule has 1 aliphatic carbocycles. The minimum absolute atomic E-state index is 0.0202. The molecule has 1 fully saturated rings. The summed E-state index contributed by atoms with van der Waals surface area (Å²) < 4.78 is 0. The van der Waals surface area contributed by atoms with Crippen molar-refractivity contribution in [2.45, 2.75) is 46.1 Å². The number of Topliss-reactive ketones (excluding diaryl/α,β-unsaturated/α-hetero) is 1. The normalized spacial score (nSPS) is 27.0. The first kappa shape index (κ1) is 13.9. The molecule has 104 valence electrons. The summed E-state index contributed by atoms with van der Waals surface area (Å²) in [4.78, 5) is 11.5. The lowest BCUT2D eigenvalue weighted by Crippen LogP contribution is -2.30. The number of rotatable bonds is 3. The highest BCUT2D eigenvalue weighted by Gasteiger charge is 2.24. The maximum Gasteiger partial charge on any atom is 0.161 e. The zero-order valence-corrected chi connectivity index (χ0v) is 12.1. The van der Waals surface area contributed by atoms with Crippen LogP contribution in [0.25, 0.3) is 0 Å². The van der Waals surface area contributed by atoms with Gasteiger partial charge in [0.2, 0.25) is 0 Å². The van der Waals surface area contributed by atoms with E-state index >= 15 is 0 Å². The SMILES string of the molecule is CC(=O)c1cc(NC2CCC(C)C(C)C2)ccc1N. The van der Waals surface area contributed by atoms with Gasteiger partial charge in [-0.1, -0.05) is 13.8 Å². The largest absolute Gasteiger partial charge is 0.398 e. The summed E-state index contributed by atoms with van der Waals surface area (Å²) in [5.74, 6) is 1.59. The van der Waals surface area contributed by atoms with Crippen LogP contribution in [0.1, 0.15) is 50.4 Å². The van der Waals surface area contributed by atoms with Gasteiger partial charge in [0.15, 0.2) is 5.78 Å². The first-order chi connectivity index (χ1) is 8.97. The van der Waals surface area contributed by atoms with E-state index in [1.165, 1.54) is 19.3 Å². The Morgan fingerprint density at radius 1 is 1.26 bits per heavy atom. The average Bonchev–Trinajstić information content (AvgIpc) is 2.36. The molecule has 0 bridgehead atoms. The smallest absolute Gasteiger partial charge is 0.161 e. The van der Waals surface area contributed by atoms with Gasteiger partial charge in [0, 0.05) is 23.0 Å². The van der Waals surface area contributed by atoms with Crippen molar-refractivity contribution in [3.8, 4) is 0 Å². The average molecular weight is 260 g/mol. The highest BCUT2D eigenvalue weighted by atomic mass is 16.1. The fourth-order valence-electron chi connectivity index (χ4n) is 2.87. The van der Waals surface area contributed by atoms with Gasteiger partial charge in [-0.2, -0.15) is 0 Å². The van der Waals surface area contributed by atoms with Crippen LogP contribution in [0, 0.1) is 11.8 Å². The van der Waals surface area contributed by atoms with Crippen LogP contribution in [0.15, 0.2) is 18.2 Å². The van der Waals surface area contributed by atoms with E-state index in [1.54, 1.807) is 6.92 Å². The zero-order valence-electron chi connectivity index (χ0n) is 12.1. The predicted molar refractivity (Wildman–Crippen MR) is 80.4 cm³/mol. The van der Waals surface area contributed by atoms with Crippen LogP contribution in [-0.2, 0) is 0 Å². The Kier molecular flexibility index (Phi) is 4.13. The monoisotopic (exact) mass is 260 g/mol. The number of anilines is 2. The number of ketones is 1. The Balaban J connectivity index is 2.07. The third kappa shape index (κ3) is 3.28. The molecule has 3 unspecified atom stereocenters. The molecule has 1 saturated carbocycles. The first-order valence-corrected chi connectivity index (χ1v) is 7.14. The van der Waals surface area contributed by atoms with Crippen molar-refractivity contribution in [3.63, 3.8) is 0 Å². The maximum atomic E-state index is 11.5. The van der Waals surface area contributed by atoms with Crippen LogP contribution < -0.4 is 11.1 Å². The number of nitrogens with one attached hydrogen (secondary N) is 1. The Morgan fingerprint density at radius 3 is 2.63 bits per heavy atom. The van der Waals surface area contributed by atoms with Crippen molar-refractivity contribution in [1.29, 1.82) is 0 Å². The number of carbonyl (C=O) groups excluding carboxylic acids is 1. The number of nitrogens with two attached hydrogens (primary N) is 1. The Labute approximate surface area is 115 Å². The molecule has 0 radical (unpaired) electrons. The third-order valence-electron chi connectivity index (χ3n) is 4.40. The molecule has 1 aromatic carbocycles. The molecule has 0 aromatic heterocycles. The molecular weight excluding hydrogens is 236 g/mol. The molecule has 3 N–H and O–H groups in total. The molecular formula is C16H24N2O. The first-order valence-electron chi connectivity index (χ1n) is 7.14. The molecule has 3 atom stereocenters. The standard InChI is InChI=1S/C16H24N2O/c1-10-4-5-13(8-11(10)2)18-14-6-7-16(17)15(9-14)12(3)19/h6-7,9-11,13,18H,4-5,8,17H2,1-3H3. The summed E-state index contributed by atoms with van der Waals surface area (Å²) in [7, 11) is 0. The second kappa shape index (κ2) is 5.64. The van der Waals surface area contributed by atoms with Gasteiger partial charge in [0.1, 0.15) is 0 Å². The molecule has 0 saturated heterocycles. The summed E-state index contributed by atoms with van der Waals surface area (Å²) >= 11 is 0. The summed E-state index contributed by atoms with van der Waals surface area (Å²) in [6.07, 6.45) is 3.67. The lowest BCUT2D eigenvalue weighted by molar-refractivity contribution is 0.101. The van der Waals surface area contributed by atoms with Crippen molar-refractivity contribution in [2.75, 3.05) is 11.1 Å². The maximum absolute atomic E-state index is 11.5. The van der Waals surface area contributed by atoms with Crippen LogP contribution >= 0.6 is 0 Å². The van der Waals surface area contributed by atoms with Gasteiger partial charge < -0.3 is 11.1 Å². The molecule has 3 heteroatoms. The van der Waals surface area contributed by atoms with Crippen molar-refractivity contribution < 1.29 is 4.79 Å². The van der Waals surface area contributed by atoms with E-state index in [0.717, 1.165) is 17.5 Å². The van der Waals surface area contributed by atoms with Crippen LogP contribution in [0.5, 0.6) is 0 Å². The minimum atomic E-state index is 0.0202. The zero-order chi connectivity index (χ0) is 14.0. The minimum Gasteiger partial charge on any atom is -0.398 e. The van der Waals surface area contributed by atoms with Gasteiger partial charge in [0.05, 0.1) is 0 Å². The molecule has 1 aliphatic rings. The number of benzene rings is 1. The number of hydrogen-bond donors (Lipinski definition) is 2. The summed E-state index contributed by atoms with van der Waals surface area (Å²) in [6.45, 7) is 6.21. The summed E-state index contributed by atoms with van der Waals surface area (Å²) in [5.41, 5.74) is 7.99. The predicted octanol–water partition coefficient (Wildman–Crippen LogP) is 3.71. The van der Waals surface area contributed by atoms with Gasteiger partial charge in [0.25, 0.3) is 0 Å². The molecule has 3 nitrogen and oxygen atoms in total. The van der Waals surface area contributed by atoms with Crippen LogP contribution in [-0.4, -0.2) is 11.8 Å². The highest BCUT2D eigenvalue weighted by molar-refractivity contribution is 6.00. The molecule has 1 aromatic rings. The van der Waals surface area contributed by atoms with Crippen molar-refractivity contribution in [3.05, 3.63) is 23.8 Å². The molecule has 19 heavy (non-hydrogen) atoms. The third-order valence-corrected chi connectivity index (χ3v) is 4.40. The molecule has 0 spiro atoms. The summed E-state index contributed by atoms with van der Waals surface area (Å²) in [6, 6.07) is 6.16. The second-order valence-electron chi connectivity index (χ2n) is 5.97. The number of carbonyl (C=O) groups is 1. The molecule has 0 aliphatic heterocycles. The van der Waals surface area contributed by atoms with Crippen LogP contribution in [0.2, 0.25) is 0 Å². The molecule has 0 amide bonds. The van der Waals surface area contributed by atoms with Gasteiger partial charge in [-0.3, -0.25) is 4.79 Å². The number of nitrogen functional groups attached to an aromatic ring is 1. The lowest BCUT2D eigenvalue weighted by Gasteiger charge is -2.33. The highest BCUT2D eigenvalue weighted by Crippen LogP contribution is 2.31. The molecule has 2 rings (SSSR count). The van der Waals surface area contributed by atoms with Crippen molar-refractivity contribution in [2.24, 2.45) is 11.8 Å². The van der Waals surface area contributed by atoms with E-state index in [0.29, 0.717) is 17.3 Å². The van der Waals surface area contributed by atoms with Gasteiger partial charge in [-0.15, -0.1) is 0 Å². The van der Waals surface area contributed by atoms with Crippen LogP contribution in [0.4, 0.5) is 11.4 Å². The van der Waals surface area contributed by atoms with E-state index in [1.807, 2.05) is 18.2 Å². The fraction of sp³-hybridized carbons (Fsp3) is 0.562. The summed E-state index contributed by atoms with van der Waals surface area (Å²) in [5, 5.41) is 3.55.